The monoisotopic (exact) mass is 178 g/mol. The lowest BCUT2D eigenvalue weighted by Gasteiger charge is -2.12. The van der Waals surface area contributed by atoms with Crippen LogP contribution in [0.3, 0.4) is 0 Å². The first kappa shape index (κ1) is 9.51. The van der Waals surface area contributed by atoms with Crippen molar-refractivity contribution in [3.05, 3.63) is 30.1 Å². The van der Waals surface area contributed by atoms with Crippen molar-refractivity contribution in [3.63, 3.8) is 0 Å². The van der Waals surface area contributed by atoms with Crippen LogP contribution in [-0.4, -0.2) is 18.0 Å². The van der Waals surface area contributed by atoms with Crippen LogP contribution < -0.4 is 11.1 Å². The predicted molar refractivity (Wildman–Crippen MR) is 53.3 cm³/mol. The average molecular weight is 178 g/mol. The first-order chi connectivity index (χ1) is 6.24. The van der Waals surface area contributed by atoms with E-state index in [2.05, 4.69) is 15.3 Å². The Bertz CT molecular complexity index is 281. The van der Waals surface area contributed by atoms with Crippen molar-refractivity contribution >= 4 is 5.96 Å². The molecular formula is C9H14N4. The molecule has 1 aromatic rings. The van der Waals surface area contributed by atoms with E-state index < -0.39 is 0 Å². The van der Waals surface area contributed by atoms with Crippen molar-refractivity contribution in [2.75, 3.05) is 7.05 Å². The molecule has 0 saturated heterocycles. The SMILES string of the molecule is CN=C(N)NC(C)c1ccccn1. The van der Waals surface area contributed by atoms with E-state index in [-0.39, 0.29) is 6.04 Å². The summed E-state index contributed by atoms with van der Waals surface area (Å²) in [5.41, 5.74) is 6.48. The molecule has 0 bridgehead atoms. The van der Waals surface area contributed by atoms with Gasteiger partial charge in [-0.05, 0) is 19.1 Å². The van der Waals surface area contributed by atoms with E-state index >= 15 is 0 Å². The van der Waals surface area contributed by atoms with Crippen molar-refractivity contribution in [3.8, 4) is 0 Å². The Morgan fingerprint density at radius 3 is 2.92 bits per heavy atom. The van der Waals surface area contributed by atoms with Crippen LogP contribution in [0.1, 0.15) is 18.7 Å². The minimum atomic E-state index is 0.0879. The second-order valence-corrected chi connectivity index (χ2v) is 2.73. The molecule has 0 aromatic carbocycles. The zero-order valence-corrected chi connectivity index (χ0v) is 7.86. The molecule has 4 nitrogen and oxygen atoms in total. The van der Waals surface area contributed by atoms with Gasteiger partial charge in [-0.25, -0.2) is 0 Å². The molecule has 0 amide bonds. The highest BCUT2D eigenvalue weighted by molar-refractivity contribution is 5.77. The summed E-state index contributed by atoms with van der Waals surface area (Å²) in [6.07, 6.45) is 1.76. The van der Waals surface area contributed by atoms with Crippen LogP contribution in [0.25, 0.3) is 0 Å². The van der Waals surface area contributed by atoms with Gasteiger partial charge in [0.1, 0.15) is 0 Å². The third-order valence-electron chi connectivity index (χ3n) is 1.74. The Labute approximate surface area is 77.9 Å². The summed E-state index contributed by atoms with van der Waals surface area (Å²) >= 11 is 0. The molecule has 0 aliphatic rings. The Morgan fingerprint density at radius 1 is 1.62 bits per heavy atom. The maximum atomic E-state index is 5.52. The molecule has 0 saturated carbocycles. The molecule has 4 heteroatoms. The Kier molecular flexibility index (Phi) is 3.25. The second kappa shape index (κ2) is 4.45. The first-order valence-corrected chi connectivity index (χ1v) is 4.13. The van der Waals surface area contributed by atoms with Gasteiger partial charge in [0.25, 0.3) is 0 Å². The van der Waals surface area contributed by atoms with Gasteiger partial charge < -0.3 is 11.1 Å². The first-order valence-electron chi connectivity index (χ1n) is 4.13. The summed E-state index contributed by atoms with van der Waals surface area (Å²) in [6, 6.07) is 5.86. The molecule has 0 fully saturated rings. The molecule has 0 aliphatic carbocycles. The normalized spacial score (nSPS) is 13.8. The molecule has 70 valence electrons. The molecule has 1 aromatic heterocycles. The Morgan fingerprint density at radius 2 is 2.38 bits per heavy atom. The summed E-state index contributed by atoms with van der Waals surface area (Å²) in [7, 11) is 1.65. The van der Waals surface area contributed by atoms with E-state index in [0.29, 0.717) is 5.96 Å². The highest BCUT2D eigenvalue weighted by Crippen LogP contribution is 2.06. The molecule has 0 spiro atoms. The minimum Gasteiger partial charge on any atom is -0.370 e. The third kappa shape index (κ3) is 2.74. The number of nitrogens with zero attached hydrogens (tertiary/aromatic N) is 2. The van der Waals surface area contributed by atoms with Crippen LogP contribution >= 0.6 is 0 Å². The zero-order valence-electron chi connectivity index (χ0n) is 7.86. The summed E-state index contributed by atoms with van der Waals surface area (Å²) in [4.78, 5) is 8.00. The van der Waals surface area contributed by atoms with Crippen molar-refractivity contribution in [2.45, 2.75) is 13.0 Å². The van der Waals surface area contributed by atoms with E-state index in [9.17, 15) is 0 Å². The van der Waals surface area contributed by atoms with Crippen LogP contribution in [0, 0.1) is 0 Å². The quantitative estimate of drug-likeness (QED) is 0.517. The lowest BCUT2D eigenvalue weighted by atomic mass is 10.2. The van der Waals surface area contributed by atoms with Gasteiger partial charge in [0.15, 0.2) is 5.96 Å². The number of aromatic nitrogens is 1. The fourth-order valence-electron chi connectivity index (χ4n) is 0.992. The molecule has 13 heavy (non-hydrogen) atoms. The highest BCUT2D eigenvalue weighted by Gasteiger charge is 2.05. The van der Waals surface area contributed by atoms with Gasteiger partial charge in [-0.15, -0.1) is 0 Å². The topological polar surface area (TPSA) is 63.3 Å². The molecular weight excluding hydrogens is 164 g/mol. The number of aliphatic imine (C=N–C) groups is 1. The maximum absolute atomic E-state index is 5.52. The largest absolute Gasteiger partial charge is 0.370 e. The summed E-state index contributed by atoms with van der Waals surface area (Å²) < 4.78 is 0. The molecule has 1 heterocycles. The zero-order chi connectivity index (χ0) is 9.68. The summed E-state index contributed by atoms with van der Waals surface area (Å²) in [5.74, 6) is 0.429. The number of rotatable bonds is 2. The number of hydrogen-bond acceptors (Lipinski definition) is 2. The third-order valence-corrected chi connectivity index (χ3v) is 1.74. The van der Waals surface area contributed by atoms with Gasteiger partial charge in [0, 0.05) is 13.2 Å². The molecule has 1 rings (SSSR count). The number of hydrogen-bond donors (Lipinski definition) is 2. The smallest absolute Gasteiger partial charge is 0.188 e. The summed E-state index contributed by atoms with van der Waals surface area (Å²) in [5, 5.41) is 3.01. The van der Waals surface area contributed by atoms with E-state index in [1.54, 1.807) is 13.2 Å². The lowest BCUT2D eigenvalue weighted by Crippen LogP contribution is -2.33. The Hall–Kier alpha value is -1.58. The van der Waals surface area contributed by atoms with Gasteiger partial charge in [-0.1, -0.05) is 6.07 Å². The molecule has 1 unspecified atom stereocenters. The number of nitrogens with one attached hydrogen (secondary N) is 1. The van der Waals surface area contributed by atoms with E-state index in [0.717, 1.165) is 5.69 Å². The molecule has 0 radical (unpaired) electrons. The average Bonchev–Trinajstić information content (AvgIpc) is 2.19. The number of nitrogens with two attached hydrogens (primary N) is 1. The van der Waals surface area contributed by atoms with Crippen LogP contribution in [0.2, 0.25) is 0 Å². The van der Waals surface area contributed by atoms with E-state index in [1.165, 1.54) is 0 Å². The highest BCUT2D eigenvalue weighted by atomic mass is 15.1. The number of pyridine rings is 1. The van der Waals surface area contributed by atoms with Gasteiger partial charge >= 0.3 is 0 Å². The van der Waals surface area contributed by atoms with Crippen molar-refractivity contribution in [1.29, 1.82) is 0 Å². The van der Waals surface area contributed by atoms with Crippen LogP contribution in [0.5, 0.6) is 0 Å². The summed E-state index contributed by atoms with van der Waals surface area (Å²) in [6.45, 7) is 1.99. The fourth-order valence-corrected chi connectivity index (χ4v) is 0.992. The second-order valence-electron chi connectivity index (χ2n) is 2.73. The minimum absolute atomic E-state index is 0.0879. The van der Waals surface area contributed by atoms with Gasteiger partial charge in [0.2, 0.25) is 0 Å². The predicted octanol–water partition coefficient (Wildman–Crippen LogP) is 0.677. The molecule has 1 atom stereocenters. The maximum Gasteiger partial charge on any atom is 0.188 e. The Balaban J connectivity index is 2.64. The van der Waals surface area contributed by atoms with Gasteiger partial charge in [-0.2, -0.15) is 0 Å². The molecule has 0 aliphatic heterocycles. The van der Waals surface area contributed by atoms with Gasteiger partial charge in [-0.3, -0.25) is 9.98 Å². The van der Waals surface area contributed by atoms with Crippen molar-refractivity contribution in [1.82, 2.24) is 10.3 Å². The van der Waals surface area contributed by atoms with Crippen LogP contribution in [-0.2, 0) is 0 Å². The van der Waals surface area contributed by atoms with E-state index in [4.69, 9.17) is 5.73 Å². The fraction of sp³-hybridized carbons (Fsp3) is 0.333. The molecule has 3 N–H and O–H groups in total. The van der Waals surface area contributed by atoms with Crippen LogP contribution in [0.4, 0.5) is 0 Å². The van der Waals surface area contributed by atoms with Gasteiger partial charge in [0.05, 0.1) is 11.7 Å². The van der Waals surface area contributed by atoms with E-state index in [1.807, 2.05) is 25.1 Å². The lowest BCUT2D eigenvalue weighted by molar-refractivity contribution is 0.686. The standard InChI is InChI=1S/C9H14N4/c1-7(13-9(10)11-2)8-5-3-4-6-12-8/h3-7H,1-2H3,(H3,10,11,13). The van der Waals surface area contributed by atoms with Crippen LogP contribution in [0.15, 0.2) is 29.4 Å². The number of guanidine groups is 1. The van der Waals surface area contributed by atoms with Crippen molar-refractivity contribution in [2.24, 2.45) is 10.7 Å². The van der Waals surface area contributed by atoms with Crippen molar-refractivity contribution < 1.29 is 0 Å².